The first-order chi connectivity index (χ1) is 13.5. The van der Waals surface area contributed by atoms with E-state index in [9.17, 15) is 4.79 Å². The summed E-state index contributed by atoms with van der Waals surface area (Å²) in [4.78, 5) is 17.3. The van der Waals surface area contributed by atoms with Crippen LogP contribution in [0.15, 0.2) is 52.5 Å². The normalized spacial score (nSPS) is 11.2. The number of hydrogen-bond donors (Lipinski definition) is 1. The fourth-order valence-corrected chi connectivity index (χ4v) is 4.08. The van der Waals surface area contributed by atoms with Crippen LogP contribution >= 0.6 is 11.3 Å². The van der Waals surface area contributed by atoms with Crippen molar-refractivity contribution >= 4 is 28.1 Å². The van der Waals surface area contributed by atoms with Gasteiger partial charge in [-0.05, 0) is 42.7 Å². The summed E-state index contributed by atoms with van der Waals surface area (Å²) in [5.41, 5.74) is 12.8. The van der Waals surface area contributed by atoms with Crippen LogP contribution in [0, 0.1) is 13.8 Å². The van der Waals surface area contributed by atoms with Crippen LogP contribution in [-0.4, -0.2) is 10.8 Å². The van der Waals surface area contributed by atoms with Crippen molar-refractivity contribution < 1.29 is 9.21 Å². The molecule has 5 heteroatoms. The number of furan rings is 1. The average molecular weight is 391 g/mol. The maximum absolute atomic E-state index is 12.6. The first-order valence-corrected chi connectivity index (χ1v) is 10.1. The quantitative estimate of drug-likeness (QED) is 0.504. The van der Waals surface area contributed by atoms with Crippen LogP contribution < -0.4 is 5.73 Å². The highest BCUT2D eigenvalue weighted by Crippen LogP contribution is 2.26. The SMILES string of the molecule is Cc1cc2occ(CC(=O)Cc3nc(-c4ccc(CN)cc4)cs3)c2cc1C. The third-order valence-electron chi connectivity index (χ3n) is 5.04. The third-order valence-corrected chi connectivity index (χ3v) is 5.89. The van der Waals surface area contributed by atoms with Gasteiger partial charge in [0.1, 0.15) is 16.4 Å². The molecule has 0 unspecified atom stereocenters. The molecular weight excluding hydrogens is 368 g/mol. The molecule has 0 radical (unpaired) electrons. The van der Waals surface area contributed by atoms with Gasteiger partial charge in [0.2, 0.25) is 0 Å². The molecule has 4 aromatic rings. The predicted octanol–water partition coefficient (Wildman–Crippen LogP) is 4.99. The smallest absolute Gasteiger partial charge is 0.144 e. The molecular formula is C23H22N2O2S. The molecule has 2 aromatic carbocycles. The van der Waals surface area contributed by atoms with Gasteiger partial charge < -0.3 is 10.2 Å². The molecule has 0 spiro atoms. The molecule has 2 heterocycles. The zero-order valence-electron chi connectivity index (χ0n) is 16.0. The number of carbonyl (C=O) groups excluding carboxylic acids is 1. The fraction of sp³-hybridized carbons (Fsp3) is 0.217. The van der Waals surface area contributed by atoms with Gasteiger partial charge in [-0.25, -0.2) is 4.98 Å². The van der Waals surface area contributed by atoms with Crippen molar-refractivity contribution in [1.29, 1.82) is 0 Å². The van der Waals surface area contributed by atoms with Gasteiger partial charge in [-0.15, -0.1) is 11.3 Å². The van der Waals surface area contributed by atoms with E-state index in [1.807, 2.05) is 35.7 Å². The molecule has 2 N–H and O–H groups in total. The molecule has 0 atom stereocenters. The van der Waals surface area contributed by atoms with Crippen molar-refractivity contribution in [3.8, 4) is 11.3 Å². The van der Waals surface area contributed by atoms with Gasteiger partial charge >= 0.3 is 0 Å². The van der Waals surface area contributed by atoms with Gasteiger partial charge in [-0.3, -0.25) is 4.79 Å². The number of aromatic nitrogens is 1. The van der Waals surface area contributed by atoms with Crippen molar-refractivity contribution in [2.24, 2.45) is 5.73 Å². The van der Waals surface area contributed by atoms with Crippen molar-refractivity contribution in [3.63, 3.8) is 0 Å². The number of rotatable bonds is 6. The average Bonchev–Trinajstić information content (AvgIpc) is 3.30. The highest BCUT2D eigenvalue weighted by Gasteiger charge is 2.14. The predicted molar refractivity (Wildman–Crippen MR) is 114 cm³/mol. The summed E-state index contributed by atoms with van der Waals surface area (Å²) < 4.78 is 5.64. The molecule has 0 amide bonds. The molecule has 0 bridgehead atoms. The summed E-state index contributed by atoms with van der Waals surface area (Å²) >= 11 is 1.52. The van der Waals surface area contributed by atoms with Crippen molar-refractivity contribution in [2.75, 3.05) is 0 Å². The number of fused-ring (bicyclic) bond motifs is 1. The number of ketones is 1. The lowest BCUT2D eigenvalue weighted by molar-refractivity contribution is -0.117. The van der Waals surface area contributed by atoms with Gasteiger partial charge in [-0.1, -0.05) is 24.3 Å². The molecule has 4 rings (SSSR count). The monoisotopic (exact) mass is 390 g/mol. The number of nitrogens with zero attached hydrogens (tertiary/aromatic N) is 1. The summed E-state index contributed by atoms with van der Waals surface area (Å²) in [5, 5.41) is 3.86. The number of Topliss-reactive ketones (excluding diaryl/α,β-unsaturated/α-hetero) is 1. The maximum atomic E-state index is 12.6. The molecule has 28 heavy (non-hydrogen) atoms. The molecule has 142 valence electrons. The first-order valence-electron chi connectivity index (χ1n) is 9.26. The number of aryl methyl sites for hydroxylation is 2. The van der Waals surface area contributed by atoms with E-state index in [1.54, 1.807) is 6.26 Å². The van der Waals surface area contributed by atoms with E-state index in [-0.39, 0.29) is 5.78 Å². The highest BCUT2D eigenvalue weighted by molar-refractivity contribution is 7.10. The Labute approximate surface area is 168 Å². The summed E-state index contributed by atoms with van der Waals surface area (Å²) in [6.45, 7) is 4.66. The van der Waals surface area contributed by atoms with Crippen molar-refractivity contribution in [3.05, 3.63) is 75.3 Å². The van der Waals surface area contributed by atoms with Gasteiger partial charge in [0, 0.05) is 34.9 Å². The topological polar surface area (TPSA) is 69.1 Å². The number of benzene rings is 2. The molecule has 0 aliphatic rings. The van der Waals surface area contributed by atoms with Crippen LogP contribution in [0.3, 0.4) is 0 Å². The summed E-state index contributed by atoms with van der Waals surface area (Å²) in [6.07, 6.45) is 2.40. The van der Waals surface area contributed by atoms with E-state index in [4.69, 9.17) is 10.2 Å². The Balaban J connectivity index is 1.47. The van der Waals surface area contributed by atoms with Gasteiger partial charge in [0.25, 0.3) is 0 Å². The number of nitrogens with two attached hydrogens (primary N) is 1. The van der Waals surface area contributed by atoms with Gasteiger partial charge in [0.15, 0.2) is 0 Å². The Morgan fingerprint density at radius 1 is 1.11 bits per heavy atom. The zero-order valence-corrected chi connectivity index (χ0v) is 16.8. The lowest BCUT2D eigenvalue weighted by Crippen LogP contribution is -2.06. The molecule has 4 nitrogen and oxygen atoms in total. The van der Waals surface area contributed by atoms with Crippen LogP contribution in [0.25, 0.3) is 22.2 Å². The largest absolute Gasteiger partial charge is 0.464 e. The molecule has 0 saturated heterocycles. The summed E-state index contributed by atoms with van der Waals surface area (Å²) in [6, 6.07) is 12.2. The van der Waals surface area contributed by atoms with E-state index in [2.05, 4.69) is 24.9 Å². The molecule has 0 fully saturated rings. The first kappa shape index (κ1) is 18.6. The van der Waals surface area contributed by atoms with Gasteiger partial charge in [-0.2, -0.15) is 0 Å². The van der Waals surface area contributed by atoms with E-state index in [0.29, 0.717) is 19.4 Å². The number of hydrogen-bond acceptors (Lipinski definition) is 5. The van der Waals surface area contributed by atoms with E-state index < -0.39 is 0 Å². The summed E-state index contributed by atoms with van der Waals surface area (Å²) in [5.74, 6) is 0.139. The van der Waals surface area contributed by atoms with Gasteiger partial charge in [0.05, 0.1) is 18.4 Å². The lowest BCUT2D eigenvalue weighted by atomic mass is 10.0. The Bertz CT molecular complexity index is 1140. The van der Waals surface area contributed by atoms with Crippen LogP contribution in [0.2, 0.25) is 0 Å². The second kappa shape index (κ2) is 7.70. The Kier molecular flexibility index (Phi) is 5.11. The van der Waals surface area contributed by atoms with E-state index in [1.165, 1.54) is 22.5 Å². The molecule has 0 aliphatic heterocycles. The minimum atomic E-state index is 0.139. The number of carbonyl (C=O) groups is 1. The minimum absolute atomic E-state index is 0.139. The molecule has 2 aromatic heterocycles. The fourth-order valence-electron chi connectivity index (χ4n) is 3.25. The summed E-state index contributed by atoms with van der Waals surface area (Å²) in [7, 11) is 0. The second-order valence-electron chi connectivity index (χ2n) is 7.11. The lowest BCUT2D eigenvalue weighted by Gasteiger charge is -2.01. The van der Waals surface area contributed by atoms with Crippen molar-refractivity contribution in [2.45, 2.75) is 33.2 Å². The maximum Gasteiger partial charge on any atom is 0.144 e. The second-order valence-corrected chi connectivity index (χ2v) is 8.06. The Hall–Kier alpha value is -2.76. The Morgan fingerprint density at radius 3 is 2.61 bits per heavy atom. The highest BCUT2D eigenvalue weighted by atomic mass is 32.1. The standard InChI is InChI=1S/C23H22N2O2S/c1-14-7-20-18(12-27-22(20)8-15(14)2)9-19(26)10-23-25-21(13-28-23)17-5-3-16(11-24)4-6-17/h3-8,12-13H,9-11,24H2,1-2H3. The minimum Gasteiger partial charge on any atom is -0.464 e. The van der Waals surface area contributed by atoms with Crippen LogP contribution in [0.4, 0.5) is 0 Å². The number of thiazole rings is 1. The van der Waals surface area contributed by atoms with Crippen molar-refractivity contribution in [1.82, 2.24) is 4.98 Å². The van der Waals surface area contributed by atoms with Crippen LogP contribution in [0.5, 0.6) is 0 Å². The molecule has 0 saturated carbocycles. The Morgan fingerprint density at radius 2 is 1.86 bits per heavy atom. The van der Waals surface area contributed by atoms with Crippen LogP contribution in [0.1, 0.15) is 27.3 Å². The van der Waals surface area contributed by atoms with Crippen LogP contribution in [-0.2, 0) is 24.2 Å². The third kappa shape index (κ3) is 3.77. The zero-order chi connectivity index (χ0) is 19.7. The van der Waals surface area contributed by atoms with E-state index >= 15 is 0 Å². The molecule has 0 aliphatic carbocycles. The van der Waals surface area contributed by atoms with E-state index in [0.717, 1.165) is 38.4 Å².